The predicted molar refractivity (Wildman–Crippen MR) is 151 cm³/mol. The number of carbonyl (C=O) groups is 2. The first-order valence-electron chi connectivity index (χ1n) is 13.4. The molecule has 0 amide bonds. The van der Waals surface area contributed by atoms with E-state index in [0.29, 0.717) is 35.1 Å². The molecule has 42 heavy (non-hydrogen) atoms. The van der Waals surface area contributed by atoms with Crippen LogP contribution in [0.3, 0.4) is 0 Å². The van der Waals surface area contributed by atoms with Gasteiger partial charge in [-0.1, -0.05) is 17.7 Å². The van der Waals surface area contributed by atoms with Gasteiger partial charge in [0.25, 0.3) is 5.92 Å². The summed E-state index contributed by atoms with van der Waals surface area (Å²) in [5, 5.41) is 14.9. The fourth-order valence-electron chi connectivity index (χ4n) is 5.88. The van der Waals surface area contributed by atoms with E-state index in [0.717, 1.165) is 6.07 Å². The molecule has 1 aromatic carbocycles. The molecule has 3 atom stereocenters. The normalized spacial score (nSPS) is 24.4. The molecule has 0 saturated carbocycles. The van der Waals surface area contributed by atoms with Gasteiger partial charge in [-0.15, -0.1) is 11.3 Å². The molecular formula is C28H31ClF3N5O4S. The first kappa shape index (κ1) is 30.5. The Bertz CT molecular complexity index is 1430. The maximum atomic E-state index is 15.6. The van der Waals surface area contributed by atoms with Gasteiger partial charge in [-0.3, -0.25) is 19.6 Å². The minimum absolute atomic E-state index is 0.0463. The third-order valence-electron chi connectivity index (χ3n) is 8.17. The first-order chi connectivity index (χ1) is 19.8. The van der Waals surface area contributed by atoms with Gasteiger partial charge in [-0.25, -0.2) is 22.9 Å². The molecule has 0 radical (unpaired) electrons. The Morgan fingerprint density at radius 2 is 2.07 bits per heavy atom. The molecule has 3 aliphatic heterocycles. The maximum absolute atomic E-state index is 15.6. The highest BCUT2D eigenvalue weighted by molar-refractivity contribution is 7.11. The molecule has 9 nitrogen and oxygen atoms in total. The Kier molecular flexibility index (Phi) is 8.40. The van der Waals surface area contributed by atoms with Gasteiger partial charge in [-0.05, 0) is 45.4 Å². The van der Waals surface area contributed by atoms with Crippen LogP contribution in [-0.4, -0.2) is 89.0 Å². The van der Waals surface area contributed by atoms with E-state index in [1.54, 1.807) is 35.2 Å². The van der Waals surface area contributed by atoms with Crippen molar-refractivity contribution in [3.63, 3.8) is 0 Å². The lowest BCUT2D eigenvalue weighted by Gasteiger charge is -2.31. The zero-order valence-electron chi connectivity index (χ0n) is 23.2. The van der Waals surface area contributed by atoms with Crippen molar-refractivity contribution < 1.29 is 32.6 Å². The minimum Gasteiger partial charge on any atom is -0.481 e. The quantitative estimate of drug-likeness (QED) is 0.396. The number of hydrogen-bond donors (Lipinski definition) is 2. The van der Waals surface area contributed by atoms with Gasteiger partial charge < -0.3 is 15.2 Å². The summed E-state index contributed by atoms with van der Waals surface area (Å²) in [6.45, 7) is 3.20. The fourth-order valence-corrected chi connectivity index (χ4v) is 6.73. The summed E-state index contributed by atoms with van der Waals surface area (Å²) in [5.74, 6) is -5.01. The molecule has 0 bridgehead atoms. The fraction of sp³-hybridized carbons (Fsp3) is 0.500. The monoisotopic (exact) mass is 625 g/mol. The number of halogens is 4. The van der Waals surface area contributed by atoms with Crippen molar-refractivity contribution in [2.75, 3.05) is 33.3 Å². The van der Waals surface area contributed by atoms with E-state index in [4.69, 9.17) is 21.3 Å². The van der Waals surface area contributed by atoms with Crippen molar-refractivity contribution in [1.29, 1.82) is 0 Å². The number of aliphatic imine (C=N–C) groups is 1. The summed E-state index contributed by atoms with van der Waals surface area (Å²) in [4.78, 5) is 37.1. The molecule has 5 rings (SSSR count). The van der Waals surface area contributed by atoms with E-state index in [1.807, 2.05) is 0 Å². The molecule has 3 aliphatic rings. The molecule has 1 aromatic heterocycles. The van der Waals surface area contributed by atoms with Crippen LogP contribution < -0.4 is 5.32 Å². The number of aromatic nitrogens is 1. The van der Waals surface area contributed by atoms with Gasteiger partial charge in [0.05, 0.1) is 30.7 Å². The molecule has 2 fully saturated rings. The number of carboxylic acids is 1. The number of benzene rings is 1. The number of ether oxygens (including phenoxy) is 1. The molecule has 1 unspecified atom stereocenters. The van der Waals surface area contributed by atoms with Crippen LogP contribution in [0.15, 0.2) is 46.0 Å². The number of amidine groups is 1. The highest BCUT2D eigenvalue weighted by Crippen LogP contribution is 2.43. The number of thiazole rings is 1. The smallest absolute Gasteiger partial charge is 0.338 e. The predicted octanol–water partition coefficient (Wildman–Crippen LogP) is 4.35. The topological polar surface area (TPSA) is 107 Å². The van der Waals surface area contributed by atoms with Crippen LogP contribution in [0.25, 0.3) is 0 Å². The summed E-state index contributed by atoms with van der Waals surface area (Å²) in [6, 6.07) is 1.14. The maximum Gasteiger partial charge on any atom is 0.338 e. The van der Waals surface area contributed by atoms with Gasteiger partial charge >= 0.3 is 11.9 Å². The number of nitrogens with one attached hydrogen (secondary N) is 1. The number of esters is 1. The zero-order valence-corrected chi connectivity index (χ0v) is 24.8. The number of rotatable bonds is 9. The van der Waals surface area contributed by atoms with Gasteiger partial charge in [-0.2, -0.15) is 0 Å². The Morgan fingerprint density at radius 1 is 1.31 bits per heavy atom. The zero-order chi connectivity index (χ0) is 30.4. The van der Waals surface area contributed by atoms with E-state index >= 15 is 8.78 Å². The number of carboxylic acid groups (broad SMARTS) is 1. The number of carbonyl (C=O) groups excluding carboxylic acids is 1. The molecule has 0 aliphatic carbocycles. The molecule has 0 spiro atoms. The first-order valence-corrected chi connectivity index (χ1v) is 14.7. The van der Waals surface area contributed by atoms with Gasteiger partial charge in [0.2, 0.25) is 0 Å². The average molecular weight is 626 g/mol. The molecule has 226 valence electrons. The Balaban J connectivity index is 1.49. The van der Waals surface area contributed by atoms with Gasteiger partial charge in [0.15, 0.2) is 10.8 Å². The van der Waals surface area contributed by atoms with E-state index in [2.05, 4.69) is 10.3 Å². The summed E-state index contributed by atoms with van der Waals surface area (Å²) in [6.07, 6.45) is 2.28. The van der Waals surface area contributed by atoms with Crippen LogP contribution in [0.2, 0.25) is 5.02 Å². The van der Waals surface area contributed by atoms with Gasteiger partial charge in [0.1, 0.15) is 11.9 Å². The van der Waals surface area contributed by atoms with Crippen LogP contribution in [-0.2, 0) is 14.3 Å². The standard InChI is InChI=1S/C28H31ClF3N5O4S/c1-27(2,26(39)40)7-10-36-9-6-19-22(36)28(31,32)14-37(19)13-18-20(25(38)41-3)21(16-5-4-15(30)12-17(16)29)35-23(34-18)24-33-8-11-42-24/h4-5,8,11-12,19,21-22H,6-7,9-10,13-14H2,1-3H3,(H,34,35)(H,39,40)/t19-,21?,22+/m0/s1. The van der Waals surface area contributed by atoms with Crippen LogP contribution in [0, 0.1) is 11.2 Å². The number of fused-ring (bicyclic) bond motifs is 1. The Hall–Kier alpha value is -3.00. The van der Waals surface area contributed by atoms with Crippen LogP contribution in [0.1, 0.15) is 43.3 Å². The second kappa shape index (κ2) is 11.6. The minimum atomic E-state index is -3.07. The molecule has 4 heterocycles. The van der Waals surface area contributed by atoms with Crippen molar-refractivity contribution >= 4 is 40.7 Å². The number of aliphatic carboxylic acids is 1. The highest BCUT2D eigenvalue weighted by Gasteiger charge is 2.59. The molecule has 2 saturated heterocycles. The summed E-state index contributed by atoms with van der Waals surface area (Å²) in [5.41, 5.74) is -0.296. The van der Waals surface area contributed by atoms with E-state index in [1.165, 1.54) is 30.6 Å². The molecular weight excluding hydrogens is 595 g/mol. The third kappa shape index (κ3) is 5.79. The Labute approximate surface area is 250 Å². The van der Waals surface area contributed by atoms with Crippen molar-refractivity contribution in [2.45, 2.75) is 50.7 Å². The Morgan fingerprint density at radius 3 is 2.71 bits per heavy atom. The van der Waals surface area contributed by atoms with E-state index in [9.17, 15) is 19.1 Å². The summed E-state index contributed by atoms with van der Waals surface area (Å²) < 4.78 is 50.2. The summed E-state index contributed by atoms with van der Waals surface area (Å²) >= 11 is 7.71. The van der Waals surface area contributed by atoms with Crippen molar-refractivity contribution in [3.05, 3.63) is 62.5 Å². The number of nitrogens with zero attached hydrogens (tertiary/aromatic N) is 4. The number of methoxy groups -OCH3 is 1. The number of hydrogen-bond acceptors (Lipinski definition) is 9. The van der Waals surface area contributed by atoms with E-state index < -0.39 is 53.8 Å². The largest absolute Gasteiger partial charge is 0.481 e. The molecule has 2 aromatic rings. The second-order valence-corrected chi connectivity index (χ2v) is 12.6. The van der Waals surface area contributed by atoms with E-state index in [-0.39, 0.29) is 30.1 Å². The van der Waals surface area contributed by atoms with Crippen LogP contribution in [0.5, 0.6) is 0 Å². The number of likely N-dealkylation sites (tertiary alicyclic amines) is 2. The van der Waals surface area contributed by atoms with Crippen molar-refractivity contribution in [2.24, 2.45) is 10.4 Å². The lowest BCUT2D eigenvalue weighted by molar-refractivity contribution is -0.147. The lowest BCUT2D eigenvalue weighted by atomic mass is 9.89. The SMILES string of the molecule is COC(=O)C1=C(CN2CC(F)(F)[C@H]3[C@@H]2CCN3CCC(C)(C)C(=O)O)NC(c2nccs2)=NC1c1ccc(F)cc1Cl. The second-order valence-electron chi connectivity index (χ2n) is 11.3. The highest BCUT2D eigenvalue weighted by atomic mass is 35.5. The lowest BCUT2D eigenvalue weighted by Crippen LogP contribution is -2.46. The van der Waals surface area contributed by atoms with Crippen molar-refractivity contribution in [1.82, 2.24) is 20.1 Å². The molecule has 14 heteroatoms. The number of alkyl halides is 2. The van der Waals surface area contributed by atoms with Crippen LogP contribution in [0.4, 0.5) is 13.2 Å². The summed E-state index contributed by atoms with van der Waals surface area (Å²) in [7, 11) is 1.21. The van der Waals surface area contributed by atoms with Crippen molar-refractivity contribution in [3.8, 4) is 0 Å². The third-order valence-corrected chi connectivity index (χ3v) is 9.28. The van der Waals surface area contributed by atoms with Gasteiger partial charge in [0, 0.05) is 47.0 Å². The average Bonchev–Trinajstić information content (AvgIpc) is 3.66. The molecule has 2 N–H and O–H groups in total. The van der Waals surface area contributed by atoms with Crippen LogP contribution >= 0.6 is 22.9 Å².